The van der Waals surface area contributed by atoms with Gasteiger partial charge in [0.15, 0.2) is 0 Å². The van der Waals surface area contributed by atoms with Crippen molar-refractivity contribution < 1.29 is 14.7 Å². The van der Waals surface area contributed by atoms with Crippen LogP contribution in [-0.2, 0) is 4.79 Å². The smallest absolute Gasteiger partial charge is 0.321 e. The molecule has 2 amide bonds. The number of nitriles is 1. The van der Waals surface area contributed by atoms with Gasteiger partial charge in [-0.2, -0.15) is 5.26 Å². The van der Waals surface area contributed by atoms with Crippen molar-refractivity contribution in [2.45, 2.75) is 18.8 Å². The van der Waals surface area contributed by atoms with Crippen LogP contribution in [0.25, 0.3) is 0 Å². The normalized spacial score (nSPS) is 17.4. The van der Waals surface area contributed by atoms with Gasteiger partial charge in [-0.25, -0.2) is 4.79 Å². The Kier molecular flexibility index (Phi) is 6.17. The molecule has 1 saturated heterocycles. The Labute approximate surface area is 168 Å². The number of piperidine rings is 1. The predicted molar refractivity (Wildman–Crippen MR) is 106 cm³/mol. The first-order valence-electron chi connectivity index (χ1n) is 9.02. The van der Waals surface area contributed by atoms with Gasteiger partial charge in [-0.15, -0.1) is 0 Å². The van der Waals surface area contributed by atoms with Crippen LogP contribution >= 0.6 is 11.6 Å². The summed E-state index contributed by atoms with van der Waals surface area (Å²) in [6.45, 7) is 0.712. The first-order valence-corrected chi connectivity index (χ1v) is 9.40. The largest absolute Gasteiger partial charge is 0.481 e. The van der Waals surface area contributed by atoms with Crippen LogP contribution in [0, 0.1) is 17.2 Å². The molecule has 2 atom stereocenters. The van der Waals surface area contributed by atoms with Gasteiger partial charge in [0.2, 0.25) is 0 Å². The van der Waals surface area contributed by atoms with Crippen molar-refractivity contribution in [1.29, 1.82) is 5.26 Å². The minimum atomic E-state index is -0.881. The van der Waals surface area contributed by atoms with E-state index >= 15 is 0 Å². The quantitative estimate of drug-likeness (QED) is 0.803. The maximum atomic E-state index is 12.5. The Morgan fingerprint density at radius 3 is 2.64 bits per heavy atom. The Bertz CT molecular complexity index is 911. The molecule has 0 aromatic heterocycles. The Morgan fingerprint density at radius 2 is 2.00 bits per heavy atom. The topological polar surface area (TPSA) is 93.4 Å². The van der Waals surface area contributed by atoms with Crippen LogP contribution < -0.4 is 5.32 Å². The lowest BCUT2D eigenvalue weighted by molar-refractivity contribution is -0.143. The second kappa shape index (κ2) is 8.77. The van der Waals surface area contributed by atoms with E-state index in [4.69, 9.17) is 16.7 Å². The van der Waals surface area contributed by atoms with E-state index in [0.29, 0.717) is 35.7 Å². The summed E-state index contributed by atoms with van der Waals surface area (Å²) in [5, 5.41) is 21.9. The van der Waals surface area contributed by atoms with Crippen molar-refractivity contribution in [2.75, 3.05) is 18.4 Å². The molecule has 0 radical (unpaired) electrons. The molecule has 2 N–H and O–H groups in total. The van der Waals surface area contributed by atoms with E-state index < -0.39 is 17.8 Å². The molecule has 2 aromatic carbocycles. The van der Waals surface area contributed by atoms with Crippen molar-refractivity contribution in [3.05, 3.63) is 64.7 Å². The highest BCUT2D eigenvalue weighted by molar-refractivity contribution is 6.31. The molecule has 1 fully saturated rings. The summed E-state index contributed by atoms with van der Waals surface area (Å²) < 4.78 is 0. The number of hydrogen-bond acceptors (Lipinski definition) is 3. The highest BCUT2D eigenvalue weighted by Gasteiger charge is 2.28. The van der Waals surface area contributed by atoms with Crippen molar-refractivity contribution in [1.82, 2.24) is 4.90 Å². The number of anilines is 1. The van der Waals surface area contributed by atoms with Crippen LogP contribution in [0.5, 0.6) is 0 Å². The highest BCUT2D eigenvalue weighted by Crippen LogP contribution is 2.32. The number of rotatable bonds is 4. The number of carboxylic acids is 1. The summed E-state index contributed by atoms with van der Waals surface area (Å²) in [5.74, 6) is -1.92. The molecule has 3 rings (SSSR count). The number of carbonyl (C=O) groups excluding carboxylic acids is 1. The van der Waals surface area contributed by atoms with E-state index in [1.807, 2.05) is 30.3 Å². The fourth-order valence-electron chi connectivity index (χ4n) is 3.37. The van der Waals surface area contributed by atoms with Crippen LogP contribution in [0.4, 0.5) is 10.5 Å². The average Bonchev–Trinajstić information content (AvgIpc) is 2.71. The van der Waals surface area contributed by atoms with Gasteiger partial charge >= 0.3 is 12.0 Å². The maximum absolute atomic E-state index is 12.5. The second-order valence-electron chi connectivity index (χ2n) is 6.76. The van der Waals surface area contributed by atoms with E-state index in [-0.39, 0.29) is 12.6 Å². The summed E-state index contributed by atoms with van der Waals surface area (Å²) in [7, 11) is 0. The van der Waals surface area contributed by atoms with E-state index in [1.165, 1.54) is 4.90 Å². The molecule has 1 aliphatic rings. The third kappa shape index (κ3) is 4.44. The number of aliphatic carboxylic acids is 1. The van der Waals surface area contributed by atoms with Crippen molar-refractivity contribution in [2.24, 2.45) is 5.92 Å². The van der Waals surface area contributed by atoms with Crippen LogP contribution in [0.1, 0.15) is 29.9 Å². The third-order valence-corrected chi connectivity index (χ3v) is 5.21. The standard InChI is InChI=1S/C21H20ClN3O3/c22-19-11-16(24-21(28)25-10-4-7-15(13-25)20(26)27)8-9-17(19)18(12-23)14-5-2-1-3-6-14/h1-3,5-6,8-9,11,15,18H,4,7,10,13H2,(H,24,28)(H,26,27). The van der Waals surface area contributed by atoms with E-state index in [9.17, 15) is 14.9 Å². The SMILES string of the molecule is N#CC(c1ccccc1)c1ccc(NC(=O)N2CCCC(C(=O)O)C2)cc1Cl. The number of hydrogen-bond donors (Lipinski definition) is 2. The number of likely N-dealkylation sites (tertiary alicyclic amines) is 1. The van der Waals surface area contributed by atoms with Gasteiger partial charge in [-0.05, 0) is 36.1 Å². The summed E-state index contributed by atoms with van der Waals surface area (Å²) in [6, 6.07) is 16.3. The van der Waals surface area contributed by atoms with Crippen LogP contribution in [0.15, 0.2) is 48.5 Å². The molecule has 1 heterocycles. The van der Waals surface area contributed by atoms with Gasteiger partial charge in [-0.1, -0.05) is 48.0 Å². The minimum Gasteiger partial charge on any atom is -0.481 e. The van der Waals surface area contributed by atoms with Gasteiger partial charge < -0.3 is 15.3 Å². The Balaban J connectivity index is 1.73. The van der Waals surface area contributed by atoms with Gasteiger partial charge in [0.25, 0.3) is 0 Å². The summed E-state index contributed by atoms with van der Waals surface area (Å²) in [5.41, 5.74) is 2.01. The minimum absolute atomic E-state index is 0.192. The maximum Gasteiger partial charge on any atom is 0.321 e. The molecule has 6 nitrogen and oxygen atoms in total. The predicted octanol–water partition coefficient (Wildman–Crippen LogP) is 4.32. The molecule has 2 unspecified atom stereocenters. The van der Waals surface area contributed by atoms with Gasteiger partial charge in [0.05, 0.1) is 17.9 Å². The first kappa shape index (κ1) is 19.7. The summed E-state index contributed by atoms with van der Waals surface area (Å²) in [6.07, 6.45) is 1.24. The number of carboxylic acid groups (broad SMARTS) is 1. The van der Waals surface area contributed by atoms with Gasteiger partial charge in [0.1, 0.15) is 0 Å². The van der Waals surface area contributed by atoms with Crippen molar-refractivity contribution in [3.8, 4) is 6.07 Å². The zero-order chi connectivity index (χ0) is 20.1. The summed E-state index contributed by atoms with van der Waals surface area (Å²) >= 11 is 6.39. The monoisotopic (exact) mass is 397 g/mol. The third-order valence-electron chi connectivity index (χ3n) is 4.88. The molecule has 7 heteroatoms. The molecule has 144 valence electrons. The van der Waals surface area contributed by atoms with E-state index in [2.05, 4.69) is 11.4 Å². The van der Waals surface area contributed by atoms with Crippen molar-refractivity contribution >= 4 is 29.3 Å². The zero-order valence-corrected chi connectivity index (χ0v) is 15.9. The van der Waals surface area contributed by atoms with E-state index in [0.717, 1.165) is 5.56 Å². The van der Waals surface area contributed by atoms with E-state index in [1.54, 1.807) is 18.2 Å². The molecular formula is C21H20ClN3O3. The lowest BCUT2D eigenvalue weighted by Gasteiger charge is -2.30. The number of amides is 2. The lowest BCUT2D eigenvalue weighted by atomic mass is 9.92. The molecular weight excluding hydrogens is 378 g/mol. The Morgan fingerprint density at radius 1 is 1.25 bits per heavy atom. The molecule has 0 bridgehead atoms. The van der Waals surface area contributed by atoms with Crippen molar-refractivity contribution in [3.63, 3.8) is 0 Å². The lowest BCUT2D eigenvalue weighted by Crippen LogP contribution is -2.44. The van der Waals surface area contributed by atoms with Gasteiger partial charge in [0, 0.05) is 23.8 Å². The molecule has 0 aliphatic carbocycles. The number of nitrogens with one attached hydrogen (secondary N) is 1. The number of benzene rings is 2. The fourth-order valence-corrected chi connectivity index (χ4v) is 3.66. The second-order valence-corrected chi connectivity index (χ2v) is 7.17. The summed E-state index contributed by atoms with van der Waals surface area (Å²) in [4.78, 5) is 25.1. The molecule has 0 saturated carbocycles. The van der Waals surface area contributed by atoms with Crippen LogP contribution in [-0.4, -0.2) is 35.1 Å². The fraction of sp³-hybridized carbons (Fsp3) is 0.286. The number of carbonyl (C=O) groups is 2. The van der Waals surface area contributed by atoms with Crippen LogP contribution in [0.2, 0.25) is 5.02 Å². The molecule has 28 heavy (non-hydrogen) atoms. The van der Waals surface area contributed by atoms with Crippen LogP contribution in [0.3, 0.4) is 0 Å². The number of nitrogens with zero attached hydrogens (tertiary/aromatic N) is 2. The average molecular weight is 398 g/mol. The number of halogens is 1. The first-order chi connectivity index (χ1) is 13.5. The Hall–Kier alpha value is -3.04. The molecule has 1 aliphatic heterocycles. The zero-order valence-electron chi connectivity index (χ0n) is 15.1. The van der Waals surface area contributed by atoms with Gasteiger partial charge in [-0.3, -0.25) is 4.79 Å². The molecule has 0 spiro atoms. The number of urea groups is 1. The highest BCUT2D eigenvalue weighted by atomic mass is 35.5. The molecule has 2 aromatic rings.